The Bertz CT molecular complexity index is 623. The Kier molecular flexibility index (Phi) is 3.22. The monoisotopic (exact) mass is 254 g/mol. The maximum Gasteiger partial charge on any atom is 0.123 e. The van der Waals surface area contributed by atoms with Gasteiger partial charge in [0.15, 0.2) is 0 Å². The average Bonchev–Trinajstić information content (AvgIpc) is 3.01. The minimum absolute atomic E-state index is 0.162. The fraction of sp³-hybridized carbons (Fsp3) is 0.467. The molecule has 1 N–H and O–H groups in total. The Morgan fingerprint density at radius 3 is 3.05 bits per heavy atom. The van der Waals surface area contributed by atoms with E-state index in [1.54, 1.807) is 0 Å². The molecule has 3 rings (SSSR count). The van der Waals surface area contributed by atoms with E-state index in [2.05, 4.69) is 27.0 Å². The molecule has 98 valence electrons. The molecule has 1 aliphatic rings. The highest BCUT2D eigenvalue weighted by atomic mass is 15.1. The maximum atomic E-state index is 9.09. The summed E-state index contributed by atoms with van der Waals surface area (Å²) in [5, 5.41) is 12.6. The van der Waals surface area contributed by atoms with Gasteiger partial charge in [-0.2, -0.15) is 5.26 Å². The number of nitrogens with zero attached hydrogens (tertiary/aromatic N) is 3. The second kappa shape index (κ2) is 5.02. The molecule has 0 bridgehead atoms. The lowest BCUT2D eigenvalue weighted by atomic mass is 10.1. The molecule has 0 spiro atoms. The van der Waals surface area contributed by atoms with Crippen LogP contribution in [-0.4, -0.2) is 15.6 Å². The van der Waals surface area contributed by atoms with Crippen molar-refractivity contribution in [3.05, 3.63) is 30.1 Å². The first-order valence-electron chi connectivity index (χ1n) is 6.83. The summed E-state index contributed by atoms with van der Waals surface area (Å²) < 4.78 is 2.12. The first-order valence-corrected chi connectivity index (χ1v) is 6.83. The Hall–Kier alpha value is -1.86. The fourth-order valence-corrected chi connectivity index (χ4v) is 2.93. The lowest BCUT2D eigenvalue weighted by Gasteiger charge is -2.15. The van der Waals surface area contributed by atoms with Crippen molar-refractivity contribution in [1.82, 2.24) is 14.9 Å². The molecule has 0 radical (unpaired) electrons. The van der Waals surface area contributed by atoms with E-state index in [1.165, 1.54) is 0 Å². The Morgan fingerprint density at radius 1 is 1.42 bits per heavy atom. The van der Waals surface area contributed by atoms with Gasteiger partial charge in [0.1, 0.15) is 5.82 Å². The fourth-order valence-electron chi connectivity index (χ4n) is 2.93. The predicted molar refractivity (Wildman–Crippen MR) is 74.3 cm³/mol. The van der Waals surface area contributed by atoms with Crippen molar-refractivity contribution < 1.29 is 0 Å². The van der Waals surface area contributed by atoms with Crippen LogP contribution in [0.5, 0.6) is 0 Å². The molecule has 0 aliphatic heterocycles. The minimum atomic E-state index is 0.162. The molecule has 1 aromatic carbocycles. The van der Waals surface area contributed by atoms with E-state index >= 15 is 0 Å². The SMILES string of the molecule is Cn1c(CNC2CCCC2C#N)nc2ccccc21. The summed E-state index contributed by atoms with van der Waals surface area (Å²) in [6, 6.07) is 10.9. The summed E-state index contributed by atoms with van der Waals surface area (Å²) in [5.74, 6) is 1.19. The molecule has 0 amide bonds. The molecule has 4 heteroatoms. The average molecular weight is 254 g/mol. The van der Waals surface area contributed by atoms with Gasteiger partial charge in [0.2, 0.25) is 0 Å². The second-order valence-corrected chi connectivity index (χ2v) is 5.23. The van der Waals surface area contributed by atoms with E-state index in [0.29, 0.717) is 6.04 Å². The van der Waals surface area contributed by atoms with Gasteiger partial charge in [-0.3, -0.25) is 0 Å². The van der Waals surface area contributed by atoms with E-state index in [-0.39, 0.29) is 5.92 Å². The molecule has 1 aromatic heterocycles. The number of imidazole rings is 1. The predicted octanol–water partition coefficient (Wildman–Crippen LogP) is 2.36. The van der Waals surface area contributed by atoms with Crippen LogP contribution in [0.1, 0.15) is 25.1 Å². The van der Waals surface area contributed by atoms with Crippen LogP contribution in [0.3, 0.4) is 0 Å². The largest absolute Gasteiger partial charge is 0.330 e. The van der Waals surface area contributed by atoms with Gasteiger partial charge in [-0.05, 0) is 25.0 Å². The zero-order valence-corrected chi connectivity index (χ0v) is 11.1. The van der Waals surface area contributed by atoms with E-state index < -0.39 is 0 Å². The van der Waals surface area contributed by atoms with Crippen LogP contribution in [0.4, 0.5) is 0 Å². The standard InChI is InChI=1S/C15H18N4/c1-19-14-8-3-2-6-13(14)18-15(19)10-17-12-7-4-5-11(12)9-16/h2-3,6,8,11-12,17H,4-5,7,10H2,1H3. The number of nitrogens with one attached hydrogen (secondary N) is 1. The van der Waals surface area contributed by atoms with E-state index in [4.69, 9.17) is 5.26 Å². The summed E-state index contributed by atoms with van der Waals surface area (Å²) in [6.07, 6.45) is 3.28. The molecule has 0 saturated heterocycles. The van der Waals surface area contributed by atoms with Crippen LogP contribution in [0.2, 0.25) is 0 Å². The number of fused-ring (bicyclic) bond motifs is 1. The Balaban J connectivity index is 1.75. The third-order valence-corrected chi connectivity index (χ3v) is 4.08. The quantitative estimate of drug-likeness (QED) is 0.914. The van der Waals surface area contributed by atoms with E-state index in [0.717, 1.165) is 42.7 Å². The number of hydrogen-bond donors (Lipinski definition) is 1. The highest BCUT2D eigenvalue weighted by molar-refractivity contribution is 5.75. The van der Waals surface area contributed by atoms with E-state index in [1.807, 2.05) is 25.2 Å². The Morgan fingerprint density at radius 2 is 2.26 bits per heavy atom. The van der Waals surface area contributed by atoms with Gasteiger partial charge in [0.05, 0.1) is 29.6 Å². The van der Waals surface area contributed by atoms with Crippen LogP contribution in [-0.2, 0) is 13.6 Å². The molecule has 1 heterocycles. The van der Waals surface area contributed by atoms with Crippen molar-refractivity contribution in [3.63, 3.8) is 0 Å². The number of hydrogen-bond acceptors (Lipinski definition) is 3. The van der Waals surface area contributed by atoms with Crippen LogP contribution in [0.25, 0.3) is 11.0 Å². The van der Waals surface area contributed by atoms with Crippen molar-refractivity contribution in [3.8, 4) is 6.07 Å². The molecular weight excluding hydrogens is 236 g/mol. The highest BCUT2D eigenvalue weighted by Crippen LogP contribution is 2.25. The molecule has 2 atom stereocenters. The lowest BCUT2D eigenvalue weighted by molar-refractivity contribution is 0.454. The van der Waals surface area contributed by atoms with Crippen molar-refractivity contribution in [2.45, 2.75) is 31.8 Å². The second-order valence-electron chi connectivity index (χ2n) is 5.23. The zero-order valence-electron chi connectivity index (χ0n) is 11.1. The molecule has 19 heavy (non-hydrogen) atoms. The Labute approximate surface area is 113 Å². The summed E-state index contributed by atoms with van der Waals surface area (Å²) in [5.41, 5.74) is 2.19. The van der Waals surface area contributed by atoms with Gasteiger partial charge in [-0.25, -0.2) is 4.98 Å². The summed E-state index contributed by atoms with van der Waals surface area (Å²) >= 11 is 0. The van der Waals surface area contributed by atoms with Gasteiger partial charge in [0.25, 0.3) is 0 Å². The molecule has 1 aliphatic carbocycles. The van der Waals surface area contributed by atoms with Crippen LogP contribution in [0, 0.1) is 17.2 Å². The topological polar surface area (TPSA) is 53.6 Å². The molecule has 1 fully saturated rings. The number of rotatable bonds is 3. The lowest BCUT2D eigenvalue weighted by Crippen LogP contribution is -2.32. The molecular formula is C15H18N4. The van der Waals surface area contributed by atoms with E-state index in [9.17, 15) is 0 Å². The summed E-state index contributed by atoms with van der Waals surface area (Å²) in [6.45, 7) is 0.730. The number of aromatic nitrogens is 2. The third-order valence-electron chi connectivity index (χ3n) is 4.08. The number of nitriles is 1. The van der Waals surface area contributed by atoms with Gasteiger partial charge < -0.3 is 9.88 Å². The maximum absolute atomic E-state index is 9.09. The van der Waals surface area contributed by atoms with Gasteiger partial charge in [-0.15, -0.1) is 0 Å². The summed E-state index contributed by atoms with van der Waals surface area (Å²) in [7, 11) is 2.04. The minimum Gasteiger partial charge on any atom is -0.330 e. The smallest absolute Gasteiger partial charge is 0.123 e. The molecule has 2 unspecified atom stereocenters. The van der Waals surface area contributed by atoms with Crippen molar-refractivity contribution in [2.75, 3.05) is 0 Å². The van der Waals surface area contributed by atoms with Crippen molar-refractivity contribution in [1.29, 1.82) is 5.26 Å². The third kappa shape index (κ3) is 2.22. The van der Waals surface area contributed by atoms with Crippen molar-refractivity contribution >= 4 is 11.0 Å². The number of aryl methyl sites for hydroxylation is 1. The highest BCUT2D eigenvalue weighted by Gasteiger charge is 2.26. The number of benzene rings is 1. The van der Waals surface area contributed by atoms with Crippen LogP contribution in [0.15, 0.2) is 24.3 Å². The van der Waals surface area contributed by atoms with Gasteiger partial charge in [-0.1, -0.05) is 18.6 Å². The van der Waals surface area contributed by atoms with Gasteiger partial charge >= 0.3 is 0 Å². The normalized spacial score (nSPS) is 22.7. The first kappa shape index (κ1) is 12.2. The van der Waals surface area contributed by atoms with Crippen LogP contribution < -0.4 is 5.32 Å². The van der Waals surface area contributed by atoms with Gasteiger partial charge in [0, 0.05) is 13.1 Å². The summed E-state index contributed by atoms with van der Waals surface area (Å²) in [4.78, 5) is 4.64. The molecule has 1 saturated carbocycles. The van der Waals surface area contributed by atoms with Crippen molar-refractivity contribution in [2.24, 2.45) is 13.0 Å². The first-order chi connectivity index (χ1) is 9.29. The number of para-hydroxylation sites is 2. The molecule has 4 nitrogen and oxygen atoms in total. The van der Waals surface area contributed by atoms with Crippen LogP contribution >= 0.6 is 0 Å². The molecule has 2 aromatic rings. The zero-order chi connectivity index (χ0) is 13.2.